The zero-order valence-corrected chi connectivity index (χ0v) is 15.4. The van der Waals surface area contributed by atoms with Gasteiger partial charge in [-0.2, -0.15) is 0 Å². The Balaban J connectivity index is 1.85. The number of hydrogen-bond acceptors (Lipinski definition) is 5. The molecule has 0 aliphatic carbocycles. The molecule has 6 nitrogen and oxygen atoms in total. The third-order valence-corrected chi connectivity index (χ3v) is 4.16. The van der Waals surface area contributed by atoms with Gasteiger partial charge in [0, 0.05) is 25.2 Å². The SMILES string of the molecule is CCCOC(=O)N1CC[C@@H](Oc2cncc(/C=C/C[C@H](C)NC)c2)C1. The van der Waals surface area contributed by atoms with Gasteiger partial charge in [-0.25, -0.2) is 4.79 Å². The van der Waals surface area contributed by atoms with Gasteiger partial charge < -0.3 is 19.7 Å². The summed E-state index contributed by atoms with van der Waals surface area (Å²) >= 11 is 0. The first-order valence-corrected chi connectivity index (χ1v) is 8.99. The minimum Gasteiger partial charge on any atom is -0.487 e. The van der Waals surface area contributed by atoms with Crippen LogP contribution in [0.3, 0.4) is 0 Å². The Kier molecular flexibility index (Phi) is 7.73. The fourth-order valence-electron chi connectivity index (χ4n) is 2.58. The van der Waals surface area contributed by atoms with E-state index in [0.29, 0.717) is 25.7 Å². The van der Waals surface area contributed by atoms with Crippen molar-refractivity contribution in [2.24, 2.45) is 0 Å². The molecule has 0 saturated carbocycles. The van der Waals surface area contributed by atoms with Crippen molar-refractivity contribution >= 4 is 12.2 Å². The Hall–Kier alpha value is -2.08. The third kappa shape index (κ3) is 6.38. The number of ether oxygens (including phenoxy) is 2. The summed E-state index contributed by atoms with van der Waals surface area (Å²) in [6.45, 7) is 5.81. The topological polar surface area (TPSA) is 63.7 Å². The van der Waals surface area contributed by atoms with Gasteiger partial charge in [0.1, 0.15) is 11.9 Å². The first-order chi connectivity index (χ1) is 12.1. The van der Waals surface area contributed by atoms with Crippen molar-refractivity contribution in [3.8, 4) is 5.75 Å². The van der Waals surface area contributed by atoms with Crippen LogP contribution in [0.4, 0.5) is 4.79 Å². The summed E-state index contributed by atoms with van der Waals surface area (Å²) in [4.78, 5) is 17.8. The number of carbonyl (C=O) groups excluding carboxylic acids is 1. The van der Waals surface area contributed by atoms with Crippen molar-refractivity contribution in [1.29, 1.82) is 0 Å². The number of aromatic nitrogens is 1. The second-order valence-corrected chi connectivity index (χ2v) is 6.37. The highest BCUT2D eigenvalue weighted by Crippen LogP contribution is 2.20. The average Bonchev–Trinajstić information content (AvgIpc) is 3.08. The zero-order valence-electron chi connectivity index (χ0n) is 15.4. The maximum Gasteiger partial charge on any atom is 0.409 e. The summed E-state index contributed by atoms with van der Waals surface area (Å²) in [5, 5.41) is 3.20. The number of carbonyl (C=O) groups is 1. The average molecular weight is 347 g/mol. The second kappa shape index (κ2) is 10.0. The van der Waals surface area contributed by atoms with E-state index >= 15 is 0 Å². The largest absolute Gasteiger partial charge is 0.487 e. The number of likely N-dealkylation sites (tertiary alicyclic amines) is 1. The van der Waals surface area contributed by atoms with Gasteiger partial charge in [0.2, 0.25) is 0 Å². The number of rotatable bonds is 8. The van der Waals surface area contributed by atoms with Gasteiger partial charge in [0.15, 0.2) is 0 Å². The number of pyridine rings is 1. The van der Waals surface area contributed by atoms with Crippen LogP contribution in [0, 0.1) is 0 Å². The van der Waals surface area contributed by atoms with Crippen LogP contribution in [0.5, 0.6) is 5.75 Å². The van der Waals surface area contributed by atoms with Crippen molar-refractivity contribution in [3.05, 3.63) is 30.1 Å². The molecular formula is C19H29N3O3. The van der Waals surface area contributed by atoms with Crippen LogP contribution < -0.4 is 10.1 Å². The smallest absolute Gasteiger partial charge is 0.409 e. The van der Waals surface area contributed by atoms with E-state index in [1.807, 2.05) is 26.2 Å². The number of nitrogens with one attached hydrogen (secondary N) is 1. The van der Waals surface area contributed by atoms with Crippen LogP contribution in [0.1, 0.15) is 38.7 Å². The molecule has 2 rings (SSSR count). The van der Waals surface area contributed by atoms with E-state index in [1.54, 1.807) is 11.1 Å². The molecule has 6 heteroatoms. The number of amides is 1. The van der Waals surface area contributed by atoms with Gasteiger partial charge in [-0.05, 0) is 38.4 Å². The minimum atomic E-state index is -0.249. The molecule has 0 spiro atoms. The second-order valence-electron chi connectivity index (χ2n) is 6.37. The fourth-order valence-corrected chi connectivity index (χ4v) is 2.58. The molecule has 1 aliphatic heterocycles. The Morgan fingerprint density at radius 3 is 3.12 bits per heavy atom. The van der Waals surface area contributed by atoms with Crippen LogP contribution in [0.2, 0.25) is 0 Å². The lowest BCUT2D eigenvalue weighted by Crippen LogP contribution is -2.31. The summed E-state index contributed by atoms with van der Waals surface area (Å²) in [5.41, 5.74) is 1.01. The van der Waals surface area contributed by atoms with E-state index in [1.165, 1.54) is 0 Å². The van der Waals surface area contributed by atoms with Crippen LogP contribution in [0.25, 0.3) is 6.08 Å². The lowest BCUT2D eigenvalue weighted by atomic mass is 10.2. The Labute approximate surface area is 150 Å². The summed E-state index contributed by atoms with van der Waals surface area (Å²) < 4.78 is 11.2. The Morgan fingerprint density at radius 2 is 2.36 bits per heavy atom. The molecule has 138 valence electrons. The number of hydrogen-bond donors (Lipinski definition) is 1. The molecule has 1 aliphatic rings. The van der Waals surface area contributed by atoms with Crippen LogP contribution >= 0.6 is 0 Å². The minimum absolute atomic E-state index is 0.0143. The van der Waals surface area contributed by atoms with Crippen molar-refractivity contribution < 1.29 is 14.3 Å². The summed E-state index contributed by atoms with van der Waals surface area (Å²) in [7, 11) is 1.96. The van der Waals surface area contributed by atoms with E-state index in [4.69, 9.17) is 9.47 Å². The van der Waals surface area contributed by atoms with E-state index in [2.05, 4.69) is 29.4 Å². The van der Waals surface area contributed by atoms with Crippen LogP contribution in [-0.4, -0.2) is 54.9 Å². The summed E-state index contributed by atoms with van der Waals surface area (Å²) in [6, 6.07) is 2.42. The molecule has 1 saturated heterocycles. The summed E-state index contributed by atoms with van der Waals surface area (Å²) in [5.74, 6) is 0.734. The highest BCUT2D eigenvalue weighted by atomic mass is 16.6. The Morgan fingerprint density at radius 1 is 1.52 bits per heavy atom. The molecule has 0 unspecified atom stereocenters. The van der Waals surface area contributed by atoms with E-state index in [-0.39, 0.29) is 12.2 Å². The van der Waals surface area contributed by atoms with Crippen molar-refractivity contribution in [1.82, 2.24) is 15.2 Å². The molecule has 25 heavy (non-hydrogen) atoms. The molecule has 2 heterocycles. The Bertz CT molecular complexity index is 577. The maximum atomic E-state index is 11.9. The van der Waals surface area contributed by atoms with Gasteiger partial charge in [0.05, 0.1) is 19.3 Å². The highest BCUT2D eigenvalue weighted by molar-refractivity contribution is 5.68. The lowest BCUT2D eigenvalue weighted by molar-refractivity contribution is 0.105. The molecule has 2 atom stereocenters. The molecule has 1 aromatic rings. The van der Waals surface area contributed by atoms with E-state index in [9.17, 15) is 4.79 Å². The van der Waals surface area contributed by atoms with Gasteiger partial charge in [0.25, 0.3) is 0 Å². The fraction of sp³-hybridized carbons (Fsp3) is 0.579. The van der Waals surface area contributed by atoms with E-state index in [0.717, 1.165) is 30.6 Å². The highest BCUT2D eigenvalue weighted by Gasteiger charge is 2.28. The third-order valence-electron chi connectivity index (χ3n) is 4.16. The predicted molar refractivity (Wildman–Crippen MR) is 98.7 cm³/mol. The van der Waals surface area contributed by atoms with Crippen molar-refractivity contribution in [2.45, 2.75) is 45.3 Å². The monoisotopic (exact) mass is 347 g/mol. The molecule has 1 amide bonds. The van der Waals surface area contributed by atoms with E-state index < -0.39 is 0 Å². The molecular weight excluding hydrogens is 318 g/mol. The molecule has 1 N–H and O–H groups in total. The van der Waals surface area contributed by atoms with Crippen molar-refractivity contribution in [3.63, 3.8) is 0 Å². The lowest BCUT2D eigenvalue weighted by Gasteiger charge is -2.17. The molecule has 1 aromatic heterocycles. The van der Waals surface area contributed by atoms with Gasteiger partial charge in [-0.3, -0.25) is 4.98 Å². The molecule has 0 aromatic carbocycles. The van der Waals surface area contributed by atoms with Crippen molar-refractivity contribution in [2.75, 3.05) is 26.7 Å². The maximum absolute atomic E-state index is 11.9. The molecule has 0 radical (unpaired) electrons. The van der Waals surface area contributed by atoms with Crippen LogP contribution in [-0.2, 0) is 4.74 Å². The number of nitrogens with zero attached hydrogens (tertiary/aromatic N) is 2. The molecule has 0 bridgehead atoms. The summed E-state index contributed by atoms with van der Waals surface area (Å²) in [6.07, 6.45) is 10.0. The van der Waals surface area contributed by atoms with Gasteiger partial charge in [-0.15, -0.1) is 0 Å². The normalized spacial score (nSPS) is 18.5. The zero-order chi connectivity index (χ0) is 18.1. The van der Waals surface area contributed by atoms with Gasteiger partial charge >= 0.3 is 6.09 Å². The van der Waals surface area contributed by atoms with Crippen LogP contribution in [0.15, 0.2) is 24.5 Å². The predicted octanol–water partition coefficient (Wildman–Crippen LogP) is 3.09. The standard InChI is InChI=1S/C19H29N3O3/c1-4-10-24-19(23)22-9-8-17(14-22)25-18-11-16(12-21-13-18)7-5-6-15(2)20-3/h5,7,11-13,15,17,20H,4,6,8-10,14H2,1-3H3/b7-5+/t15-,17+/m0/s1. The molecule has 1 fully saturated rings. The quantitative estimate of drug-likeness (QED) is 0.783. The van der Waals surface area contributed by atoms with Gasteiger partial charge in [-0.1, -0.05) is 19.1 Å². The first kappa shape index (κ1) is 19.2. The first-order valence-electron chi connectivity index (χ1n) is 8.99.